The fraction of sp³-hybridized carbons (Fsp3) is 0.458. The van der Waals surface area contributed by atoms with Crippen molar-refractivity contribution in [1.82, 2.24) is 14.9 Å². The Bertz CT molecular complexity index is 1080. The molecule has 1 aromatic carbocycles. The highest BCUT2D eigenvalue weighted by molar-refractivity contribution is 7.19. The van der Waals surface area contributed by atoms with Crippen LogP contribution in [0.4, 0.5) is 5.82 Å². The van der Waals surface area contributed by atoms with Crippen molar-refractivity contribution < 1.29 is 0 Å². The Balaban J connectivity index is 1.34. The quantitative estimate of drug-likeness (QED) is 0.632. The Labute approximate surface area is 182 Å². The van der Waals surface area contributed by atoms with Crippen molar-refractivity contribution in [2.45, 2.75) is 39.2 Å². The second kappa shape index (κ2) is 8.33. The van der Waals surface area contributed by atoms with E-state index in [4.69, 9.17) is 10.2 Å². The van der Waals surface area contributed by atoms with Gasteiger partial charge in [-0.25, -0.2) is 9.97 Å². The Morgan fingerprint density at radius 2 is 2.00 bits per heavy atom. The first-order chi connectivity index (χ1) is 14.7. The summed E-state index contributed by atoms with van der Waals surface area (Å²) in [6.07, 6.45) is 6.50. The minimum absolute atomic E-state index is 0.724. The molecule has 1 fully saturated rings. The van der Waals surface area contributed by atoms with Gasteiger partial charge >= 0.3 is 0 Å². The molecule has 1 aliphatic heterocycles. The van der Waals surface area contributed by atoms with Crippen molar-refractivity contribution in [2.75, 3.05) is 31.1 Å². The predicted octanol–water partition coefficient (Wildman–Crippen LogP) is 4.40. The van der Waals surface area contributed by atoms with Gasteiger partial charge in [-0.05, 0) is 54.9 Å². The second-order valence-electron chi connectivity index (χ2n) is 8.65. The van der Waals surface area contributed by atoms with Crippen molar-refractivity contribution in [1.29, 1.82) is 5.26 Å². The monoisotopic (exact) mass is 417 g/mol. The van der Waals surface area contributed by atoms with Crippen LogP contribution in [0.3, 0.4) is 0 Å². The third-order valence-electron chi connectivity index (χ3n) is 6.45. The lowest BCUT2D eigenvalue weighted by Gasteiger charge is -2.24. The number of nitrogens with zero attached hydrogens (tertiary/aromatic N) is 5. The zero-order valence-corrected chi connectivity index (χ0v) is 18.3. The van der Waals surface area contributed by atoms with E-state index in [1.807, 2.05) is 23.5 Å². The molecule has 154 valence electrons. The van der Waals surface area contributed by atoms with Crippen LogP contribution in [0.15, 0.2) is 30.6 Å². The summed E-state index contributed by atoms with van der Waals surface area (Å²) in [5, 5.41) is 10.3. The molecule has 0 radical (unpaired) electrons. The maximum absolute atomic E-state index is 9.00. The number of thiophene rings is 1. The summed E-state index contributed by atoms with van der Waals surface area (Å²) >= 11 is 1.88. The van der Waals surface area contributed by atoms with Gasteiger partial charge in [-0.2, -0.15) is 5.26 Å². The molecule has 1 saturated heterocycles. The molecule has 1 aliphatic carbocycles. The van der Waals surface area contributed by atoms with Crippen molar-refractivity contribution in [2.24, 2.45) is 5.92 Å². The summed E-state index contributed by atoms with van der Waals surface area (Å²) in [6, 6.07) is 10.2. The van der Waals surface area contributed by atoms with Crippen LogP contribution in [0, 0.1) is 17.2 Å². The van der Waals surface area contributed by atoms with Crippen LogP contribution in [0.2, 0.25) is 0 Å². The normalized spacial score (nSPS) is 20.0. The van der Waals surface area contributed by atoms with Crippen LogP contribution in [0.5, 0.6) is 0 Å². The van der Waals surface area contributed by atoms with E-state index in [-0.39, 0.29) is 0 Å². The van der Waals surface area contributed by atoms with E-state index in [1.165, 1.54) is 34.2 Å². The lowest BCUT2D eigenvalue weighted by molar-refractivity contribution is 0.285. The SMILES string of the molecule is C[C@@H]1CCc2c(sc3ncnc(N4CCCN(Cc5ccc(C#N)cc5)CC4)c23)C1. The maximum Gasteiger partial charge on any atom is 0.141 e. The number of rotatable bonds is 3. The Morgan fingerprint density at radius 1 is 1.13 bits per heavy atom. The number of fused-ring (bicyclic) bond motifs is 3. The summed E-state index contributed by atoms with van der Waals surface area (Å²) in [7, 11) is 0. The highest BCUT2D eigenvalue weighted by Gasteiger charge is 2.25. The molecule has 0 amide bonds. The van der Waals surface area contributed by atoms with Crippen LogP contribution in [-0.2, 0) is 19.4 Å². The third kappa shape index (κ3) is 3.80. The van der Waals surface area contributed by atoms with Crippen LogP contribution in [0.25, 0.3) is 10.2 Å². The standard InChI is InChI=1S/C24H27N5S/c1-17-3-8-20-21(13-17)30-24-22(20)23(26-16-27-24)29-10-2-9-28(11-12-29)15-19-6-4-18(14-25)5-7-19/h4-7,16-17H,2-3,8-13,15H2,1H3/t17-/m1/s1. The summed E-state index contributed by atoms with van der Waals surface area (Å²) in [4.78, 5) is 17.1. The molecule has 5 rings (SSSR count). The number of hydrogen-bond donors (Lipinski definition) is 0. The summed E-state index contributed by atoms with van der Waals surface area (Å²) < 4.78 is 0. The zero-order valence-electron chi connectivity index (χ0n) is 17.5. The first-order valence-electron chi connectivity index (χ1n) is 10.9. The smallest absolute Gasteiger partial charge is 0.141 e. The molecule has 0 spiro atoms. The van der Waals surface area contributed by atoms with Crippen LogP contribution in [0.1, 0.15) is 41.3 Å². The minimum Gasteiger partial charge on any atom is -0.355 e. The number of anilines is 1. The zero-order chi connectivity index (χ0) is 20.5. The van der Waals surface area contributed by atoms with Crippen molar-refractivity contribution in [3.8, 4) is 6.07 Å². The molecule has 3 heterocycles. The molecule has 0 N–H and O–H groups in total. The number of aromatic nitrogens is 2. The Hall–Kier alpha value is -2.49. The van der Waals surface area contributed by atoms with Gasteiger partial charge in [-0.15, -0.1) is 11.3 Å². The summed E-state index contributed by atoms with van der Waals surface area (Å²) in [5.74, 6) is 1.92. The first kappa shape index (κ1) is 19.5. The van der Waals surface area contributed by atoms with Crippen molar-refractivity contribution in [3.05, 3.63) is 52.2 Å². The first-order valence-corrected chi connectivity index (χ1v) is 11.7. The van der Waals surface area contributed by atoms with Crippen LogP contribution in [-0.4, -0.2) is 41.0 Å². The molecular formula is C24H27N5S. The molecule has 3 aromatic rings. The highest BCUT2D eigenvalue weighted by Crippen LogP contribution is 2.40. The van der Waals surface area contributed by atoms with Crippen molar-refractivity contribution >= 4 is 27.4 Å². The number of benzene rings is 1. The molecule has 6 heteroatoms. The van der Waals surface area contributed by atoms with E-state index in [2.05, 4.69) is 39.9 Å². The van der Waals surface area contributed by atoms with E-state index in [0.717, 1.165) is 67.7 Å². The average Bonchev–Trinajstić information content (AvgIpc) is 2.97. The number of aryl methyl sites for hydroxylation is 1. The van der Waals surface area contributed by atoms with Gasteiger partial charge in [0.05, 0.1) is 17.0 Å². The summed E-state index contributed by atoms with van der Waals surface area (Å²) in [5.41, 5.74) is 3.51. The maximum atomic E-state index is 9.00. The Kier molecular flexibility index (Phi) is 5.41. The van der Waals surface area contributed by atoms with Gasteiger partial charge in [-0.1, -0.05) is 19.1 Å². The highest BCUT2D eigenvalue weighted by atomic mass is 32.1. The third-order valence-corrected chi connectivity index (χ3v) is 7.61. The molecular weight excluding hydrogens is 390 g/mol. The lowest BCUT2D eigenvalue weighted by Crippen LogP contribution is -2.31. The fourth-order valence-corrected chi connectivity index (χ4v) is 6.13. The second-order valence-corrected chi connectivity index (χ2v) is 9.74. The lowest BCUT2D eigenvalue weighted by atomic mass is 9.89. The number of nitriles is 1. The van der Waals surface area contributed by atoms with Gasteiger partial charge in [0, 0.05) is 37.6 Å². The Morgan fingerprint density at radius 3 is 2.83 bits per heavy atom. The van der Waals surface area contributed by atoms with Gasteiger partial charge in [-0.3, -0.25) is 4.90 Å². The van der Waals surface area contributed by atoms with Gasteiger partial charge in [0.15, 0.2) is 0 Å². The topological polar surface area (TPSA) is 56.1 Å². The fourth-order valence-electron chi connectivity index (χ4n) is 4.78. The van der Waals surface area contributed by atoms with Gasteiger partial charge < -0.3 is 4.90 Å². The molecule has 1 atom stereocenters. The van der Waals surface area contributed by atoms with Gasteiger partial charge in [0.2, 0.25) is 0 Å². The molecule has 0 unspecified atom stereocenters. The van der Waals surface area contributed by atoms with Gasteiger partial charge in [0.25, 0.3) is 0 Å². The van der Waals surface area contributed by atoms with E-state index in [0.29, 0.717) is 0 Å². The summed E-state index contributed by atoms with van der Waals surface area (Å²) in [6.45, 7) is 7.43. The van der Waals surface area contributed by atoms with E-state index in [9.17, 15) is 0 Å². The molecule has 5 nitrogen and oxygen atoms in total. The number of hydrogen-bond acceptors (Lipinski definition) is 6. The van der Waals surface area contributed by atoms with E-state index >= 15 is 0 Å². The minimum atomic E-state index is 0.724. The van der Waals surface area contributed by atoms with E-state index < -0.39 is 0 Å². The average molecular weight is 418 g/mol. The molecule has 30 heavy (non-hydrogen) atoms. The van der Waals surface area contributed by atoms with Crippen molar-refractivity contribution in [3.63, 3.8) is 0 Å². The molecule has 0 saturated carbocycles. The van der Waals surface area contributed by atoms with Gasteiger partial charge in [0.1, 0.15) is 17.0 Å². The largest absolute Gasteiger partial charge is 0.355 e. The van der Waals surface area contributed by atoms with E-state index in [1.54, 1.807) is 6.33 Å². The molecule has 2 aliphatic rings. The molecule has 0 bridgehead atoms. The molecule has 2 aromatic heterocycles. The van der Waals surface area contributed by atoms with Crippen LogP contribution >= 0.6 is 11.3 Å². The van der Waals surface area contributed by atoms with Crippen LogP contribution < -0.4 is 4.90 Å². The predicted molar refractivity (Wildman–Crippen MR) is 122 cm³/mol.